The first-order valence-electron chi connectivity index (χ1n) is 10.4. The molecule has 0 aliphatic heterocycles. The average molecular weight is 458 g/mol. The summed E-state index contributed by atoms with van der Waals surface area (Å²) in [6, 6.07) is 27.5. The minimum absolute atomic E-state index is 0.00447. The van der Waals surface area contributed by atoms with Gasteiger partial charge in [-0.05, 0) is 55.0 Å². The van der Waals surface area contributed by atoms with Crippen LogP contribution < -0.4 is 10.0 Å². The summed E-state index contributed by atoms with van der Waals surface area (Å²) in [5.41, 5.74) is 3.27. The standard InChI is InChI=1S/C26H23N3O3S/c1-19-13-15-22(16-14-19)29-33(31,32)23-11-7-10-21(18-23)26(30)28-25(20-8-3-2-4-9-20)24-12-5-6-17-27-24/h2-18,25,29H,1H3,(H,28,30)/t25-/m1/s1. The number of aromatic nitrogens is 1. The van der Waals surface area contributed by atoms with Crippen LogP contribution in [0.4, 0.5) is 5.69 Å². The molecule has 0 saturated carbocycles. The number of carbonyl (C=O) groups is 1. The fourth-order valence-corrected chi connectivity index (χ4v) is 4.48. The Labute approximate surface area is 193 Å². The first-order chi connectivity index (χ1) is 15.9. The molecule has 7 heteroatoms. The number of rotatable bonds is 7. The van der Waals surface area contributed by atoms with Crippen molar-refractivity contribution in [2.24, 2.45) is 0 Å². The van der Waals surface area contributed by atoms with Gasteiger partial charge in [0.1, 0.15) is 0 Å². The van der Waals surface area contributed by atoms with Gasteiger partial charge in [-0.1, -0.05) is 60.2 Å². The van der Waals surface area contributed by atoms with Crippen molar-refractivity contribution >= 4 is 21.6 Å². The molecular formula is C26H23N3O3S. The van der Waals surface area contributed by atoms with Crippen molar-refractivity contribution in [1.29, 1.82) is 0 Å². The summed E-state index contributed by atoms with van der Waals surface area (Å²) < 4.78 is 28.3. The molecule has 4 aromatic rings. The number of aryl methyl sites for hydroxylation is 1. The van der Waals surface area contributed by atoms with E-state index in [4.69, 9.17) is 0 Å². The van der Waals surface area contributed by atoms with Crippen molar-refractivity contribution in [2.45, 2.75) is 17.9 Å². The van der Waals surface area contributed by atoms with Gasteiger partial charge in [0.25, 0.3) is 15.9 Å². The van der Waals surface area contributed by atoms with Crippen molar-refractivity contribution in [2.75, 3.05) is 4.72 Å². The highest BCUT2D eigenvalue weighted by Gasteiger charge is 2.21. The number of pyridine rings is 1. The van der Waals surface area contributed by atoms with E-state index >= 15 is 0 Å². The van der Waals surface area contributed by atoms with E-state index in [2.05, 4.69) is 15.0 Å². The van der Waals surface area contributed by atoms with E-state index in [1.54, 1.807) is 30.5 Å². The fourth-order valence-electron chi connectivity index (χ4n) is 3.37. The number of sulfonamides is 1. The van der Waals surface area contributed by atoms with E-state index < -0.39 is 22.0 Å². The molecule has 0 aliphatic carbocycles. The molecule has 166 valence electrons. The van der Waals surface area contributed by atoms with E-state index in [1.165, 1.54) is 12.1 Å². The molecule has 0 aliphatic rings. The van der Waals surface area contributed by atoms with Gasteiger partial charge in [-0.25, -0.2) is 8.42 Å². The Hall–Kier alpha value is -3.97. The van der Waals surface area contributed by atoms with Crippen LogP contribution >= 0.6 is 0 Å². The van der Waals surface area contributed by atoms with Crippen LogP contribution in [-0.4, -0.2) is 19.3 Å². The molecule has 1 amide bonds. The second-order valence-corrected chi connectivity index (χ2v) is 9.25. The lowest BCUT2D eigenvalue weighted by Gasteiger charge is -2.19. The maximum atomic E-state index is 13.1. The smallest absolute Gasteiger partial charge is 0.261 e. The molecular weight excluding hydrogens is 434 g/mol. The highest BCUT2D eigenvalue weighted by molar-refractivity contribution is 7.92. The Morgan fingerprint density at radius 3 is 2.27 bits per heavy atom. The van der Waals surface area contributed by atoms with E-state index in [1.807, 2.05) is 67.6 Å². The van der Waals surface area contributed by atoms with Crippen molar-refractivity contribution in [3.8, 4) is 0 Å². The highest BCUT2D eigenvalue weighted by atomic mass is 32.2. The van der Waals surface area contributed by atoms with Crippen LogP contribution in [0.15, 0.2) is 108 Å². The molecule has 0 saturated heterocycles. The Morgan fingerprint density at radius 2 is 1.58 bits per heavy atom. The summed E-state index contributed by atoms with van der Waals surface area (Å²) in [5, 5.41) is 2.98. The van der Waals surface area contributed by atoms with Crippen molar-refractivity contribution in [3.63, 3.8) is 0 Å². The zero-order chi connectivity index (χ0) is 23.3. The lowest BCUT2D eigenvalue weighted by Crippen LogP contribution is -2.30. The third-order valence-corrected chi connectivity index (χ3v) is 6.48. The summed E-state index contributed by atoms with van der Waals surface area (Å²) >= 11 is 0. The number of benzene rings is 3. The fraction of sp³-hybridized carbons (Fsp3) is 0.0769. The van der Waals surface area contributed by atoms with Crippen LogP contribution in [0.3, 0.4) is 0 Å². The molecule has 3 aromatic carbocycles. The number of hydrogen-bond acceptors (Lipinski definition) is 4. The molecule has 0 spiro atoms. The molecule has 1 aromatic heterocycles. The summed E-state index contributed by atoms with van der Waals surface area (Å²) in [7, 11) is -3.86. The summed E-state index contributed by atoms with van der Waals surface area (Å²) in [6.45, 7) is 1.92. The van der Waals surface area contributed by atoms with Crippen LogP contribution in [0.25, 0.3) is 0 Å². The normalized spacial score (nSPS) is 12.0. The van der Waals surface area contributed by atoms with Gasteiger partial charge in [-0.15, -0.1) is 0 Å². The molecule has 1 atom stereocenters. The number of anilines is 1. The van der Waals surface area contributed by atoms with E-state index in [-0.39, 0.29) is 10.5 Å². The van der Waals surface area contributed by atoms with Crippen LogP contribution in [-0.2, 0) is 10.0 Å². The number of nitrogens with one attached hydrogen (secondary N) is 2. The van der Waals surface area contributed by atoms with Gasteiger partial charge in [0.15, 0.2) is 0 Å². The minimum atomic E-state index is -3.86. The van der Waals surface area contributed by atoms with E-state index in [0.717, 1.165) is 11.1 Å². The summed E-state index contributed by atoms with van der Waals surface area (Å²) in [5.74, 6) is -0.401. The predicted octanol–water partition coefficient (Wildman–Crippen LogP) is 4.71. The first-order valence-corrected chi connectivity index (χ1v) is 11.9. The van der Waals surface area contributed by atoms with E-state index in [9.17, 15) is 13.2 Å². The minimum Gasteiger partial charge on any atom is -0.340 e. The molecule has 1 heterocycles. The Kier molecular flexibility index (Phi) is 6.51. The maximum Gasteiger partial charge on any atom is 0.261 e. The second-order valence-electron chi connectivity index (χ2n) is 7.57. The molecule has 0 fully saturated rings. The van der Waals surface area contributed by atoms with Gasteiger partial charge in [-0.3, -0.25) is 14.5 Å². The zero-order valence-corrected chi connectivity index (χ0v) is 18.8. The Bertz CT molecular complexity index is 1300. The van der Waals surface area contributed by atoms with Crippen LogP contribution in [0.5, 0.6) is 0 Å². The maximum absolute atomic E-state index is 13.1. The number of amides is 1. The largest absolute Gasteiger partial charge is 0.340 e. The van der Waals surface area contributed by atoms with Gasteiger partial charge >= 0.3 is 0 Å². The third kappa shape index (κ3) is 5.45. The van der Waals surface area contributed by atoms with Crippen molar-refractivity contribution in [1.82, 2.24) is 10.3 Å². The monoisotopic (exact) mass is 457 g/mol. The highest BCUT2D eigenvalue weighted by Crippen LogP contribution is 2.22. The Morgan fingerprint density at radius 1 is 0.848 bits per heavy atom. The number of hydrogen-bond donors (Lipinski definition) is 2. The van der Waals surface area contributed by atoms with Gasteiger partial charge in [-0.2, -0.15) is 0 Å². The molecule has 6 nitrogen and oxygen atoms in total. The van der Waals surface area contributed by atoms with Gasteiger partial charge in [0, 0.05) is 17.4 Å². The Balaban J connectivity index is 1.59. The predicted molar refractivity (Wildman–Crippen MR) is 128 cm³/mol. The number of nitrogens with zero attached hydrogens (tertiary/aromatic N) is 1. The van der Waals surface area contributed by atoms with Gasteiger partial charge in [0.05, 0.1) is 16.6 Å². The molecule has 0 radical (unpaired) electrons. The number of carbonyl (C=O) groups excluding carboxylic acids is 1. The lowest BCUT2D eigenvalue weighted by molar-refractivity contribution is 0.0942. The molecule has 0 bridgehead atoms. The molecule has 4 rings (SSSR count). The lowest BCUT2D eigenvalue weighted by atomic mass is 10.0. The van der Waals surface area contributed by atoms with Crippen molar-refractivity contribution in [3.05, 3.63) is 126 Å². The summed E-state index contributed by atoms with van der Waals surface area (Å²) in [4.78, 5) is 17.5. The van der Waals surface area contributed by atoms with Crippen LogP contribution in [0.1, 0.15) is 33.2 Å². The first kappa shape index (κ1) is 22.2. The average Bonchev–Trinajstić information content (AvgIpc) is 2.85. The second kappa shape index (κ2) is 9.67. The quantitative estimate of drug-likeness (QED) is 0.421. The molecule has 2 N–H and O–H groups in total. The van der Waals surface area contributed by atoms with Gasteiger partial charge < -0.3 is 5.32 Å². The van der Waals surface area contributed by atoms with Crippen molar-refractivity contribution < 1.29 is 13.2 Å². The van der Waals surface area contributed by atoms with E-state index in [0.29, 0.717) is 11.4 Å². The SMILES string of the molecule is Cc1ccc(NS(=O)(=O)c2cccc(C(=O)N[C@H](c3ccccc3)c3ccccn3)c2)cc1. The van der Waals surface area contributed by atoms with Crippen LogP contribution in [0, 0.1) is 6.92 Å². The molecule has 0 unspecified atom stereocenters. The van der Waals surface area contributed by atoms with Gasteiger partial charge in [0.2, 0.25) is 0 Å². The zero-order valence-electron chi connectivity index (χ0n) is 18.0. The third-order valence-electron chi connectivity index (χ3n) is 5.10. The molecule has 33 heavy (non-hydrogen) atoms. The van der Waals surface area contributed by atoms with Crippen LogP contribution in [0.2, 0.25) is 0 Å². The summed E-state index contributed by atoms with van der Waals surface area (Å²) in [6.07, 6.45) is 1.67. The topological polar surface area (TPSA) is 88.2 Å².